The number of aromatic nitrogens is 2. The lowest BCUT2D eigenvalue weighted by Gasteiger charge is -2.03. The first-order chi connectivity index (χ1) is 10.3. The molecule has 114 valence electrons. The van der Waals surface area contributed by atoms with Crippen molar-refractivity contribution >= 4 is 45.4 Å². The van der Waals surface area contributed by atoms with Crippen LogP contribution in [0.5, 0.6) is 5.75 Å². The molecule has 2 aromatic rings. The number of nitrogens with one attached hydrogen (secondary N) is 2. The molecule has 0 aliphatic carbocycles. The highest BCUT2D eigenvalue weighted by Crippen LogP contribution is 2.32. The van der Waals surface area contributed by atoms with Gasteiger partial charge in [-0.25, -0.2) is 4.79 Å². The number of phenolic OH excluding ortho intramolecular Hbond substituents is 1. The Morgan fingerprint density at radius 2 is 1.95 bits per heavy atom. The number of hydrogen-bond acceptors (Lipinski definition) is 5. The number of nitro groups is 1. The van der Waals surface area contributed by atoms with Gasteiger partial charge in [-0.2, -0.15) is 0 Å². The Labute approximate surface area is 135 Å². The molecule has 0 aliphatic rings. The van der Waals surface area contributed by atoms with Crippen LogP contribution < -0.4 is 11.2 Å². The zero-order valence-electron chi connectivity index (χ0n) is 10.6. The molecule has 2 rings (SSSR count). The quantitative estimate of drug-likeness (QED) is 0.548. The Bertz CT molecular complexity index is 903. The van der Waals surface area contributed by atoms with Crippen molar-refractivity contribution < 1.29 is 10.0 Å². The summed E-state index contributed by atoms with van der Waals surface area (Å²) in [6.45, 7) is 0. The minimum absolute atomic E-state index is 0.0722. The first-order valence-electron chi connectivity index (χ1n) is 5.66. The second-order valence-electron chi connectivity index (χ2n) is 4.09. The molecule has 0 unspecified atom stereocenters. The average Bonchev–Trinajstić information content (AvgIpc) is 2.39. The molecule has 1 heterocycles. The van der Waals surface area contributed by atoms with E-state index in [2.05, 4.69) is 20.9 Å². The summed E-state index contributed by atoms with van der Waals surface area (Å²) in [7, 11) is 0. The number of H-pyrrole nitrogens is 2. The van der Waals surface area contributed by atoms with Crippen LogP contribution >= 0.6 is 27.5 Å². The van der Waals surface area contributed by atoms with Gasteiger partial charge in [0.15, 0.2) is 0 Å². The van der Waals surface area contributed by atoms with Crippen LogP contribution in [0.1, 0.15) is 11.3 Å². The molecule has 0 radical (unpaired) electrons. The summed E-state index contributed by atoms with van der Waals surface area (Å²) >= 11 is 8.98. The molecule has 22 heavy (non-hydrogen) atoms. The Hall–Kier alpha value is -2.39. The van der Waals surface area contributed by atoms with Gasteiger partial charge in [0.05, 0.1) is 9.95 Å². The molecular formula is C12H7BrClN3O5. The normalized spacial score (nSPS) is 11.0. The van der Waals surface area contributed by atoms with E-state index in [1.54, 1.807) is 4.98 Å². The number of aromatic amines is 2. The summed E-state index contributed by atoms with van der Waals surface area (Å²) in [6.07, 6.45) is 2.41. The van der Waals surface area contributed by atoms with Crippen molar-refractivity contribution in [3.05, 3.63) is 63.8 Å². The molecule has 10 heteroatoms. The molecule has 0 fully saturated rings. The molecule has 0 bridgehead atoms. The summed E-state index contributed by atoms with van der Waals surface area (Å²) in [5, 5.41) is 20.8. The van der Waals surface area contributed by atoms with Crippen LogP contribution in [0.2, 0.25) is 5.02 Å². The van der Waals surface area contributed by atoms with E-state index in [1.807, 2.05) is 0 Å². The minimum atomic E-state index is -1.12. The van der Waals surface area contributed by atoms with Gasteiger partial charge >= 0.3 is 16.9 Å². The van der Waals surface area contributed by atoms with Gasteiger partial charge in [-0.3, -0.25) is 19.9 Å². The van der Waals surface area contributed by atoms with Gasteiger partial charge in [0.1, 0.15) is 11.4 Å². The molecular weight excluding hydrogens is 382 g/mol. The molecule has 0 saturated carbocycles. The fraction of sp³-hybridized carbons (Fsp3) is 0. The van der Waals surface area contributed by atoms with Crippen LogP contribution in [0.3, 0.4) is 0 Å². The van der Waals surface area contributed by atoms with Gasteiger partial charge in [0.25, 0.3) is 0 Å². The Morgan fingerprint density at radius 1 is 1.27 bits per heavy atom. The van der Waals surface area contributed by atoms with E-state index in [-0.39, 0.29) is 22.0 Å². The molecule has 0 aliphatic heterocycles. The molecule has 0 saturated heterocycles. The maximum absolute atomic E-state index is 11.5. The van der Waals surface area contributed by atoms with E-state index in [0.29, 0.717) is 4.47 Å². The lowest BCUT2D eigenvalue weighted by molar-refractivity contribution is -0.386. The Balaban J connectivity index is 2.59. The maximum Gasteiger partial charge on any atom is 0.357 e. The van der Waals surface area contributed by atoms with Crippen LogP contribution in [0.15, 0.2) is 26.2 Å². The van der Waals surface area contributed by atoms with Gasteiger partial charge in [-0.15, -0.1) is 0 Å². The smallest absolute Gasteiger partial charge is 0.357 e. The van der Waals surface area contributed by atoms with Crippen molar-refractivity contribution in [2.24, 2.45) is 0 Å². The van der Waals surface area contributed by atoms with E-state index in [1.165, 1.54) is 18.2 Å². The number of aromatic hydroxyl groups is 1. The van der Waals surface area contributed by atoms with E-state index < -0.39 is 21.9 Å². The molecule has 0 spiro atoms. The standard InChI is InChI=1S/C12H7BrClN3O5/c13-6-3-5(10(18)7(14)4-6)1-2-8-9(17(21)22)11(19)16-12(20)15-8/h1-4,18H,(H2,15,16,19,20). The van der Waals surface area contributed by atoms with Crippen molar-refractivity contribution in [1.29, 1.82) is 0 Å². The number of rotatable bonds is 3. The first kappa shape index (κ1) is 16.0. The van der Waals surface area contributed by atoms with E-state index in [4.69, 9.17) is 11.6 Å². The van der Waals surface area contributed by atoms with Gasteiger partial charge in [-0.1, -0.05) is 27.5 Å². The lowest BCUT2D eigenvalue weighted by Crippen LogP contribution is -2.25. The SMILES string of the molecule is O=c1[nH]c(C=Cc2cc(Br)cc(Cl)c2O)c([N+](=O)[O-])c(=O)[nH]1. The largest absolute Gasteiger partial charge is 0.506 e. The van der Waals surface area contributed by atoms with Gasteiger partial charge in [0, 0.05) is 10.0 Å². The zero-order valence-corrected chi connectivity index (χ0v) is 12.9. The zero-order chi connectivity index (χ0) is 16.4. The van der Waals surface area contributed by atoms with E-state index >= 15 is 0 Å². The van der Waals surface area contributed by atoms with Crippen molar-refractivity contribution in [3.8, 4) is 5.75 Å². The second kappa shape index (κ2) is 6.16. The minimum Gasteiger partial charge on any atom is -0.506 e. The Morgan fingerprint density at radius 3 is 2.59 bits per heavy atom. The molecule has 1 aromatic carbocycles. The van der Waals surface area contributed by atoms with Crippen LogP contribution in [-0.2, 0) is 0 Å². The van der Waals surface area contributed by atoms with E-state index in [0.717, 1.165) is 6.08 Å². The fourth-order valence-electron chi connectivity index (χ4n) is 1.69. The topological polar surface area (TPSA) is 129 Å². The van der Waals surface area contributed by atoms with Gasteiger partial charge < -0.3 is 10.1 Å². The van der Waals surface area contributed by atoms with Crippen LogP contribution in [-0.4, -0.2) is 20.0 Å². The summed E-state index contributed by atoms with van der Waals surface area (Å²) in [6, 6.07) is 2.97. The van der Waals surface area contributed by atoms with Gasteiger partial charge in [-0.05, 0) is 24.3 Å². The molecule has 8 nitrogen and oxygen atoms in total. The predicted octanol–water partition coefficient (Wildman–Crippen LogP) is 2.26. The molecule has 1 aromatic heterocycles. The molecule has 3 N–H and O–H groups in total. The summed E-state index contributed by atoms with van der Waals surface area (Å²) in [5.41, 5.74) is -2.86. The van der Waals surface area contributed by atoms with Crippen LogP contribution in [0.4, 0.5) is 5.69 Å². The van der Waals surface area contributed by atoms with Crippen molar-refractivity contribution in [1.82, 2.24) is 9.97 Å². The monoisotopic (exact) mass is 387 g/mol. The summed E-state index contributed by atoms with van der Waals surface area (Å²) in [5.74, 6) is -0.240. The third-order valence-corrected chi connectivity index (χ3v) is 3.36. The number of phenols is 1. The highest BCUT2D eigenvalue weighted by atomic mass is 79.9. The second-order valence-corrected chi connectivity index (χ2v) is 5.41. The van der Waals surface area contributed by atoms with Crippen molar-refractivity contribution in [2.45, 2.75) is 0 Å². The lowest BCUT2D eigenvalue weighted by atomic mass is 10.1. The van der Waals surface area contributed by atoms with Crippen molar-refractivity contribution in [2.75, 3.05) is 0 Å². The highest BCUT2D eigenvalue weighted by Gasteiger charge is 2.19. The predicted molar refractivity (Wildman–Crippen MR) is 84.1 cm³/mol. The average molecular weight is 389 g/mol. The maximum atomic E-state index is 11.5. The number of benzene rings is 1. The highest BCUT2D eigenvalue weighted by molar-refractivity contribution is 9.10. The summed E-state index contributed by atoms with van der Waals surface area (Å²) in [4.78, 5) is 36.6. The number of hydrogen-bond donors (Lipinski definition) is 3. The van der Waals surface area contributed by atoms with Crippen LogP contribution in [0.25, 0.3) is 12.2 Å². The van der Waals surface area contributed by atoms with Crippen molar-refractivity contribution in [3.63, 3.8) is 0 Å². The number of nitrogens with zero attached hydrogens (tertiary/aromatic N) is 1. The summed E-state index contributed by atoms with van der Waals surface area (Å²) < 4.78 is 0.573. The molecule has 0 atom stereocenters. The van der Waals surface area contributed by atoms with Gasteiger partial charge in [0.2, 0.25) is 0 Å². The van der Waals surface area contributed by atoms with Crippen LogP contribution in [0, 0.1) is 10.1 Å². The first-order valence-corrected chi connectivity index (χ1v) is 6.83. The number of halogens is 2. The fourth-order valence-corrected chi connectivity index (χ4v) is 2.52. The third-order valence-electron chi connectivity index (χ3n) is 2.62. The Kier molecular flexibility index (Phi) is 4.48. The van der Waals surface area contributed by atoms with E-state index in [9.17, 15) is 24.8 Å². The molecule has 0 amide bonds. The third kappa shape index (κ3) is 3.26.